The molecule has 0 radical (unpaired) electrons. The summed E-state index contributed by atoms with van der Waals surface area (Å²) in [6.07, 6.45) is 3.92. The molecular formula is C21H27N3O4. The molecule has 4 rings (SSSR count). The van der Waals surface area contributed by atoms with Gasteiger partial charge in [-0.15, -0.1) is 0 Å². The van der Waals surface area contributed by atoms with Gasteiger partial charge in [0, 0.05) is 37.0 Å². The minimum absolute atomic E-state index is 0.0464. The van der Waals surface area contributed by atoms with Crippen LogP contribution in [0.15, 0.2) is 23.1 Å². The van der Waals surface area contributed by atoms with Gasteiger partial charge in [0.2, 0.25) is 0 Å². The quantitative estimate of drug-likeness (QED) is 0.816. The van der Waals surface area contributed by atoms with Crippen LogP contribution in [0, 0.1) is 5.92 Å². The lowest BCUT2D eigenvalue weighted by atomic mass is 9.86. The van der Waals surface area contributed by atoms with E-state index in [4.69, 9.17) is 9.47 Å². The van der Waals surface area contributed by atoms with Crippen LogP contribution in [-0.4, -0.2) is 45.8 Å². The molecule has 2 aromatic heterocycles. The number of likely N-dealkylation sites (tertiary alicyclic amines) is 1. The van der Waals surface area contributed by atoms with Gasteiger partial charge in [0.25, 0.3) is 5.56 Å². The van der Waals surface area contributed by atoms with E-state index >= 15 is 0 Å². The normalized spacial score (nSPS) is 20.8. The van der Waals surface area contributed by atoms with Crippen molar-refractivity contribution in [1.82, 2.24) is 14.9 Å². The highest BCUT2D eigenvalue weighted by atomic mass is 16.6. The Balaban J connectivity index is 1.43. The van der Waals surface area contributed by atoms with Crippen LogP contribution in [0.4, 0.5) is 4.79 Å². The highest BCUT2D eigenvalue weighted by Crippen LogP contribution is 2.31. The molecule has 2 aliphatic rings. The largest absolute Gasteiger partial charge is 0.444 e. The van der Waals surface area contributed by atoms with E-state index in [0.29, 0.717) is 37.4 Å². The predicted octanol–water partition coefficient (Wildman–Crippen LogP) is 3.01. The minimum atomic E-state index is -0.479. The molecule has 0 aliphatic carbocycles. The number of hydrogen-bond donors (Lipinski definition) is 1. The van der Waals surface area contributed by atoms with Gasteiger partial charge >= 0.3 is 6.09 Å². The van der Waals surface area contributed by atoms with Crippen molar-refractivity contribution in [2.45, 2.75) is 58.3 Å². The maximum atomic E-state index is 12.4. The van der Waals surface area contributed by atoms with Crippen LogP contribution in [-0.2, 0) is 22.5 Å². The summed E-state index contributed by atoms with van der Waals surface area (Å²) in [4.78, 5) is 33.8. The number of carbonyl (C=O) groups is 1. The molecule has 0 bridgehead atoms. The molecule has 150 valence electrons. The van der Waals surface area contributed by atoms with E-state index in [1.807, 2.05) is 20.8 Å². The Hall–Kier alpha value is -2.41. The molecule has 1 fully saturated rings. The smallest absolute Gasteiger partial charge is 0.410 e. The third-order valence-corrected chi connectivity index (χ3v) is 5.53. The lowest BCUT2D eigenvalue weighted by Crippen LogP contribution is -2.45. The Morgan fingerprint density at radius 1 is 1.32 bits per heavy atom. The third-order valence-electron chi connectivity index (χ3n) is 5.53. The number of piperidine rings is 1. The zero-order chi connectivity index (χ0) is 19.9. The Kier molecular flexibility index (Phi) is 4.87. The SMILES string of the molecule is CC(C)(C)OC(=O)N1CCC(C2Cc3[nH]c(=O)c4cccnc4c3CO2)CC1. The fraction of sp³-hybridized carbons (Fsp3) is 0.571. The van der Waals surface area contributed by atoms with Crippen LogP contribution in [0.25, 0.3) is 10.9 Å². The van der Waals surface area contributed by atoms with E-state index in [9.17, 15) is 9.59 Å². The van der Waals surface area contributed by atoms with Crippen molar-refractivity contribution < 1.29 is 14.3 Å². The molecule has 0 saturated carbocycles. The predicted molar refractivity (Wildman–Crippen MR) is 105 cm³/mol. The van der Waals surface area contributed by atoms with Gasteiger partial charge in [-0.2, -0.15) is 0 Å². The molecule has 7 nitrogen and oxygen atoms in total. The topological polar surface area (TPSA) is 84.5 Å². The van der Waals surface area contributed by atoms with Gasteiger partial charge in [-0.25, -0.2) is 4.79 Å². The molecule has 0 aromatic carbocycles. The second-order valence-electron chi connectivity index (χ2n) is 8.67. The number of rotatable bonds is 1. The Labute approximate surface area is 164 Å². The van der Waals surface area contributed by atoms with Gasteiger partial charge in [-0.1, -0.05) is 0 Å². The minimum Gasteiger partial charge on any atom is -0.444 e. The van der Waals surface area contributed by atoms with Crippen molar-refractivity contribution in [1.29, 1.82) is 0 Å². The number of carbonyl (C=O) groups excluding carboxylic acids is 1. The second-order valence-corrected chi connectivity index (χ2v) is 8.67. The number of fused-ring (bicyclic) bond motifs is 3. The van der Waals surface area contributed by atoms with Crippen molar-refractivity contribution >= 4 is 17.0 Å². The number of aromatic nitrogens is 2. The third kappa shape index (κ3) is 3.76. The maximum Gasteiger partial charge on any atom is 0.410 e. The van der Waals surface area contributed by atoms with Gasteiger partial charge in [-0.05, 0) is 51.7 Å². The number of hydrogen-bond acceptors (Lipinski definition) is 5. The summed E-state index contributed by atoms with van der Waals surface area (Å²) in [7, 11) is 0. The summed E-state index contributed by atoms with van der Waals surface area (Å²) in [5.74, 6) is 0.356. The molecule has 2 aliphatic heterocycles. The highest BCUT2D eigenvalue weighted by Gasteiger charge is 2.34. The fourth-order valence-corrected chi connectivity index (χ4v) is 4.11. The lowest BCUT2D eigenvalue weighted by Gasteiger charge is -2.38. The van der Waals surface area contributed by atoms with E-state index < -0.39 is 5.60 Å². The standard InChI is InChI=1S/C21H27N3O4/c1-21(2,3)28-20(26)24-9-6-13(7-10-24)17-11-16-15(12-27-17)18-14(19(25)23-16)5-4-8-22-18/h4-5,8,13,17H,6-7,9-12H2,1-3H3,(H,23,25). The van der Waals surface area contributed by atoms with Crippen molar-refractivity contribution in [3.63, 3.8) is 0 Å². The highest BCUT2D eigenvalue weighted by molar-refractivity contribution is 5.81. The summed E-state index contributed by atoms with van der Waals surface area (Å²) < 4.78 is 11.6. The van der Waals surface area contributed by atoms with Crippen LogP contribution in [0.3, 0.4) is 0 Å². The summed E-state index contributed by atoms with van der Waals surface area (Å²) in [6.45, 7) is 7.43. The first kappa shape index (κ1) is 18.9. The van der Waals surface area contributed by atoms with Crippen molar-refractivity contribution in [2.24, 2.45) is 5.92 Å². The van der Waals surface area contributed by atoms with E-state index in [1.54, 1.807) is 23.2 Å². The van der Waals surface area contributed by atoms with Gasteiger partial charge < -0.3 is 19.4 Å². The zero-order valence-electron chi connectivity index (χ0n) is 16.7. The van der Waals surface area contributed by atoms with Gasteiger partial charge in [-0.3, -0.25) is 9.78 Å². The maximum absolute atomic E-state index is 12.4. The molecule has 1 unspecified atom stereocenters. The summed E-state index contributed by atoms with van der Waals surface area (Å²) in [5.41, 5.74) is 2.08. The zero-order valence-corrected chi connectivity index (χ0v) is 16.7. The summed E-state index contributed by atoms with van der Waals surface area (Å²) in [5, 5.41) is 0.606. The molecular weight excluding hydrogens is 358 g/mol. The average Bonchev–Trinajstić information content (AvgIpc) is 2.67. The van der Waals surface area contributed by atoms with Crippen LogP contribution < -0.4 is 5.56 Å². The van der Waals surface area contributed by atoms with E-state index in [2.05, 4.69) is 9.97 Å². The van der Waals surface area contributed by atoms with Crippen LogP contribution in [0.1, 0.15) is 44.9 Å². The first-order chi connectivity index (χ1) is 13.3. The van der Waals surface area contributed by atoms with Crippen molar-refractivity contribution in [3.8, 4) is 0 Å². The van der Waals surface area contributed by atoms with Crippen LogP contribution >= 0.6 is 0 Å². The van der Waals surface area contributed by atoms with Crippen LogP contribution in [0.2, 0.25) is 0 Å². The van der Waals surface area contributed by atoms with E-state index in [0.717, 1.165) is 29.6 Å². The van der Waals surface area contributed by atoms with Gasteiger partial charge in [0.15, 0.2) is 0 Å². The van der Waals surface area contributed by atoms with Crippen molar-refractivity contribution in [2.75, 3.05) is 13.1 Å². The molecule has 7 heteroatoms. The monoisotopic (exact) mass is 385 g/mol. The van der Waals surface area contributed by atoms with Gasteiger partial charge in [0.1, 0.15) is 5.60 Å². The summed E-state index contributed by atoms with van der Waals surface area (Å²) >= 11 is 0. The molecule has 1 saturated heterocycles. The van der Waals surface area contributed by atoms with Crippen molar-refractivity contribution in [3.05, 3.63) is 39.9 Å². The number of H-pyrrole nitrogens is 1. The molecule has 4 heterocycles. The fourth-order valence-electron chi connectivity index (χ4n) is 4.11. The Morgan fingerprint density at radius 3 is 2.79 bits per heavy atom. The Bertz CT molecular complexity index is 939. The molecule has 1 N–H and O–H groups in total. The number of ether oxygens (including phenoxy) is 2. The van der Waals surface area contributed by atoms with Crippen LogP contribution in [0.5, 0.6) is 0 Å². The van der Waals surface area contributed by atoms with Gasteiger partial charge in [0.05, 0.1) is 23.6 Å². The molecule has 28 heavy (non-hydrogen) atoms. The number of aromatic amines is 1. The number of nitrogens with one attached hydrogen (secondary N) is 1. The summed E-state index contributed by atoms with van der Waals surface area (Å²) in [6, 6.07) is 3.56. The average molecular weight is 385 g/mol. The van der Waals surface area contributed by atoms with E-state index in [-0.39, 0.29) is 17.8 Å². The van der Waals surface area contributed by atoms with E-state index in [1.165, 1.54) is 0 Å². The first-order valence-electron chi connectivity index (χ1n) is 9.90. The molecule has 2 aromatic rings. The number of pyridine rings is 2. The lowest BCUT2D eigenvalue weighted by molar-refractivity contribution is -0.0333. The first-order valence-corrected chi connectivity index (χ1v) is 9.90. The Morgan fingerprint density at radius 2 is 2.07 bits per heavy atom. The second kappa shape index (κ2) is 7.20. The molecule has 1 atom stereocenters. The number of nitrogens with zero attached hydrogens (tertiary/aromatic N) is 2. The molecule has 1 amide bonds. The number of amides is 1. The molecule has 0 spiro atoms.